The van der Waals surface area contributed by atoms with Crippen LogP contribution in [0.4, 0.5) is 10.1 Å². The van der Waals surface area contributed by atoms with Crippen LogP contribution in [-0.2, 0) is 11.3 Å². The number of aromatic nitrogens is 2. The Labute approximate surface area is 273 Å². The van der Waals surface area contributed by atoms with E-state index in [4.69, 9.17) is 5.73 Å². The normalized spacial score (nSPS) is 24.8. The molecule has 9 heteroatoms. The largest absolute Gasteiger partial charge is 0.379 e. The molecule has 1 aliphatic heterocycles. The van der Waals surface area contributed by atoms with Gasteiger partial charge in [-0.05, 0) is 86.9 Å². The Hall–Kier alpha value is -4.42. The van der Waals surface area contributed by atoms with Crippen LogP contribution in [0.2, 0.25) is 0 Å². The molecule has 244 valence electrons. The van der Waals surface area contributed by atoms with Gasteiger partial charge in [-0.2, -0.15) is 10.4 Å². The van der Waals surface area contributed by atoms with Crippen LogP contribution in [-0.4, -0.2) is 51.9 Å². The number of rotatable bonds is 11. The molecule has 4 N–H and O–H groups in total. The van der Waals surface area contributed by atoms with E-state index in [9.17, 15) is 10.1 Å². The third-order valence-corrected chi connectivity index (χ3v) is 8.91. The van der Waals surface area contributed by atoms with Gasteiger partial charge in [-0.1, -0.05) is 50.6 Å². The van der Waals surface area contributed by atoms with Crippen molar-refractivity contribution in [2.75, 3.05) is 18.4 Å². The number of likely N-dealkylation sites (tertiary alicyclic amines) is 1. The van der Waals surface area contributed by atoms with Crippen molar-refractivity contribution in [3.63, 3.8) is 0 Å². The number of allylic oxidation sites excluding steroid dienone is 6. The Morgan fingerprint density at radius 2 is 2.00 bits per heavy atom. The van der Waals surface area contributed by atoms with Crippen molar-refractivity contribution in [1.29, 1.82) is 5.26 Å². The Kier molecular flexibility index (Phi) is 11.8. The van der Waals surface area contributed by atoms with Crippen LogP contribution in [0.5, 0.6) is 0 Å². The van der Waals surface area contributed by atoms with E-state index in [0.717, 1.165) is 41.8 Å². The van der Waals surface area contributed by atoms with Crippen LogP contribution in [0.25, 0.3) is 0 Å². The van der Waals surface area contributed by atoms with Crippen LogP contribution in [0.15, 0.2) is 101 Å². The van der Waals surface area contributed by atoms with Crippen molar-refractivity contribution in [1.82, 2.24) is 20.0 Å². The number of nitrogens with zero attached hydrogens (tertiary/aromatic N) is 4. The van der Waals surface area contributed by atoms with Gasteiger partial charge in [0.1, 0.15) is 6.17 Å². The second-order valence-electron chi connectivity index (χ2n) is 13.0. The molecule has 0 bridgehead atoms. The molecule has 1 aromatic carbocycles. The number of primary amides is 1. The molecule has 1 aliphatic carbocycles. The molecule has 1 amide bonds. The summed E-state index contributed by atoms with van der Waals surface area (Å²) in [6.45, 7) is 11.9. The van der Waals surface area contributed by atoms with Gasteiger partial charge in [-0.15, -0.1) is 0 Å². The number of carbonyl (C=O) groups is 1. The molecular formula is C37H48FN7O. The molecule has 1 unspecified atom stereocenters. The summed E-state index contributed by atoms with van der Waals surface area (Å²) < 4.78 is 17.9. The maximum absolute atomic E-state index is 16.1. The third kappa shape index (κ3) is 9.30. The Bertz CT molecular complexity index is 1540. The lowest BCUT2D eigenvalue weighted by Crippen LogP contribution is -2.56. The molecule has 4 rings (SSSR count). The van der Waals surface area contributed by atoms with Gasteiger partial charge in [0.25, 0.3) is 5.91 Å². The zero-order valence-electron chi connectivity index (χ0n) is 27.8. The minimum atomic E-state index is -1.18. The van der Waals surface area contributed by atoms with E-state index in [2.05, 4.69) is 46.6 Å². The van der Waals surface area contributed by atoms with Crippen LogP contribution in [0.3, 0.4) is 0 Å². The smallest absolute Gasteiger partial charge is 0.250 e. The van der Waals surface area contributed by atoms with E-state index in [0.29, 0.717) is 36.4 Å². The fraction of sp³-hybridized carbons (Fsp3) is 0.432. The first-order chi connectivity index (χ1) is 22.0. The molecular weight excluding hydrogens is 577 g/mol. The predicted octanol–water partition coefficient (Wildman–Crippen LogP) is 6.54. The number of nitrogens with one attached hydrogen (secondary N) is 2. The second-order valence-corrected chi connectivity index (χ2v) is 13.0. The zero-order chi connectivity index (χ0) is 33.3. The molecule has 1 fully saturated rings. The first-order valence-corrected chi connectivity index (χ1v) is 16.1. The van der Waals surface area contributed by atoms with Gasteiger partial charge in [0, 0.05) is 54.2 Å². The minimum Gasteiger partial charge on any atom is -0.379 e. The Morgan fingerprint density at radius 3 is 2.63 bits per heavy atom. The molecule has 1 aromatic heterocycles. The second kappa shape index (κ2) is 15.7. The highest BCUT2D eigenvalue weighted by Gasteiger charge is 2.38. The lowest BCUT2D eigenvalue weighted by molar-refractivity contribution is -0.114. The van der Waals surface area contributed by atoms with Crippen molar-refractivity contribution >= 4 is 11.6 Å². The number of halogens is 1. The van der Waals surface area contributed by atoms with E-state index in [-0.39, 0.29) is 18.0 Å². The van der Waals surface area contributed by atoms with Crippen molar-refractivity contribution in [2.45, 2.75) is 85.1 Å². The highest BCUT2D eigenvalue weighted by Crippen LogP contribution is 2.35. The summed E-state index contributed by atoms with van der Waals surface area (Å²) in [5.41, 5.74) is 11.1. The summed E-state index contributed by atoms with van der Waals surface area (Å²) in [7, 11) is 0. The van der Waals surface area contributed by atoms with E-state index in [1.165, 1.54) is 0 Å². The number of carbonyl (C=O) groups excluding carboxylic acids is 1. The van der Waals surface area contributed by atoms with Crippen molar-refractivity contribution in [3.8, 4) is 6.07 Å². The summed E-state index contributed by atoms with van der Waals surface area (Å²) in [5.74, 6) is -0.571. The number of hydrogen-bond acceptors (Lipinski definition) is 6. The lowest BCUT2D eigenvalue weighted by atomic mass is 9.77. The highest BCUT2D eigenvalue weighted by molar-refractivity contribution is 5.96. The zero-order valence-corrected chi connectivity index (χ0v) is 27.8. The monoisotopic (exact) mass is 625 g/mol. The topological polar surface area (TPSA) is 112 Å². The molecule has 1 saturated heterocycles. The van der Waals surface area contributed by atoms with Crippen LogP contribution >= 0.6 is 0 Å². The number of amides is 1. The van der Waals surface area contributed by atoms with Gasteiger partial charge < -0.3 is 16.4 Å². The number of piperidine rings is 1. The first kappa shape index (κ1) is 34.5. The number of alkyl halides is 1. The van der Waals surface area contributed by atoms with Crippen LogP contribution < -0.4 is 16.4 Å². The van der Waals surface area contributed by atoms with E-state index in [1.807, 2.05) is 80.2 Å². The SMILES string of the molecule is CC/C(C)=C/C(C(N)=O)=C(\C=C(/C)Nc1ccc(Cn2cccn2)cc1)N[C@@H]1CCN(C2/C=C\C(C#N)=C/CCC2(C)C)C[C@@H]1F. The van der Waals surface area contributed by atoms with Crippen LogP contribution in [0.1, 0.15) is 65.9 Å². The summed E-state index contributed by atoms with van der Waals surface area (Å²) in [4.78, 5) is 14.9. The molecule has 2 aliphatic rings. The maximum Gasteiger partial charge on any atom is 0.250 e. The van der Waals surface area contributed by atoms with Crippen molar-refractivity contribution in [3.05, 3.63) is 107 Å². The van der Waals surface area contributed by atoms with E-state index in [1.54, 1.807) is 12.3 Å². The molecule has 3 atom stereocenters. The van der Waals surface area contributed by atoms with E-state index < -0.39 is 18.1 Å². The van der Waals surface area contributed by atoms with Crippen molar-refractivity contribution in [2.24, 2.45) is 11.1 Å². The number of benzene rings is 1. The van der Waals surface area contributed by atoms with Gasteiger partial charge in [-0.25, -0.2) is 4.39 Å². The van der Waals surface area contributed by atoms with Crippen molar-refractivity contribution < 1.29 is 9.18 Å². The van der Waals surface area contributed by atoms with Gasteiger partial charge in [0.15, 0.2) is 0 Å². The number of nitriles is 1. The lowest BCUT2D eigenvalue weighted by Gasteiger charge is -2.45. The van der Waals surface area contributed by atoms with E-state index >= 15 is 4.39 Å². The van der Waals surface area contributed by atoms with Gasteiger partial charge in [0.05, 0.1) is 24.2 Å². The number of anilines is 1. The predicted molar refractivity (Wildman–Crippen MR) is 183 cm³/mol. The van der Waals surface area contributed by atoms with Gasteiger partial charge in [0.2, 0.25) is 0 Å². The summed E-state index contributed by atoms with van der Waals surface area (Å²) >= 11 is 0. The molecule has 8 nitrogen and oxygen atoms in total. The average molecular weight is 626 g/mol. The number of nitrogens with two attached hydrogens (primary N) is 1. The van der Waals surface area contributed by atoms with Gasteiger partial charge >= 0.3 is 0 Å². The number of hydrogen-bond donors (Lipinski definition) is 3. The van der Waals surface area contributed by atoms with Crippen LogP contribution in [0, 0.1) is 16.7 Å². The fourth-order valence-electron chi connectivity index (χ4n) is 6.10. The average Bonchev–Trinajstić information content (AvgIpc) is 3.52. The third-order valence-electron chi connectivity index (χ3n) is 8.91. The fourth-order valence-corrected chi connectivity index (χ4v) is 6.10. The Morgan fingerprint density at radius 1 is 1.24 bits per heavy atom. The molecule has 2 aromatic rings. The maximum atomic E-state index is 16.1. The Balaban J connectivity index is 1.54. The highest BCUT2D eigenvalue weighted by atomic mass is 19.1. The summed E-state index contributed by atoms with van der Waals surface area (Å²) in [6.07, 6.45) is 15.1. The molecule has 46 heavy (non-hydrogen) atoms. The van der Waals surface area contributed by atoms with Gasteiger partial charge in [-0.3, -0.25) is 14.4 Å². The first-order valence-electron chi connectivity index (χ1n) is 16.1. The quantitative estimate of drug-likeness (QED) is 0.193. The standard InChI is InChI=1S/C37H48FN7O/c1-6-26(2)21-31(36(40)46)34(22-27(3)42-30-13-10-29(11-14-30)24-45-19-8-18-41-45)43-33-16-20-44(25-32(33)38)35-15-12-28(23-39)9-7-17-37(35,4)5/h8-15,18-19,21-22,32-33,35,42-43H,6-7,16-17,20,24-25H2,1-5H3,(H2,40,46)/b15-12-,26-21+,27-22+,28-9+,34-31-/t32-,33+,35?/m0/s1. The molecule has 0 radical (unpaired) electrons. The minimum absolute atomic E-state index is 0.00681. The summed E-state index contributed by atoms with van der Waals surface area (Å²) in [6, 6.07) is 11.7. The molecule has 0 spiro atoms. The molecule has 2 heterocycles. The molecule has 0 saturated carbocycles. The summed E-state index contributed by atoms with van der Waals surface area (Å²) in [5, 5.41) is 20.5.